The van der Waals surface area contributed by atoms with Gasteiger partial charge in [0.05, 0.1) is 5.75 Å². The van der Waals surface area contributed by atoms with Crippen molar-refractivity contribution in [1.82, 2.24) is 9.21 Å². The van der Waals surface area contributed by atoms with Gasteiger partial charge >= 0.3 is 0 Å². The molecular weight excluding hydrogens is 188 g/mol. The molecule has 0 spiro atoms. The molecule has 0 amide bonds. The predicted molar refractivity (Wildman–Crippen MR) is 53.1 cm³/mol. The first-order valence-corrected chi connectivity index (χ1v) is 5.94. The van der Waals surface area contributed by atoms with Crippen LogP contribution in [0.1, 0.15) is 0 Å². The first kappa shape index (κ1) is 10.7. The maximum atomic E-state index is 11.4. The Hall–Kier alpha value is -0.390. The third-order valence-corrected chi connectivity index (χ3v) is 4.09. The van der Waals surface area contributed by atoms with Crippen LogP contribution in [0.5, 0.6) is 0 Å². The Morgan fingerprint density at radius 2 is 2.08 bits per heavy atom. The second-order valence-corrected chi connectivity index (χ2v) is 5.42. The van der Waals surface area contributed by atoms with Crippen molar-refractivity contribution in [1.29, 1.82) is 0 Å². The third kappa shape index (κ3) is 2.79. The molecule has 0 aromatic carbocycles. The van der Waals surface area contributed by atoms with E-state index in [4.69, 9.17) is 0 Å². The molecule has 0 aromatic heterocycles. The maximum absolute atomic E-state index is 11.4. The maximum Gasteiger partial charge on any atom is 0.215 e. The van der Waals surface area contributed by atoms with E-state index in [0.29, 0.717) is 13.1 Å². The van der Waals surface area contributed by atoms with Crippen LogP contribution in [0, 0.1) is 0 Å². The molecule has 0 aromatic rings. The smallest absolute Gasteiger partial charge is 0.215 e. The zero-order valence-corrected chi connectivity index (χ0v) is 8.76. The topological polar surface area (TPSA) is 40.6 Å². The second kappa shape index (κ2) is 4.21. The van der Waals surface area contributed by atoms with Crippen LogP contribution in [0.25, 0.3) is 0 Å². The van der Waals surface area contributed by atoms with E-state index in [0.717, 1.165) is 13.1 Å². The largest absolute Gasteiger partial charge is 0.297 e. The van der Waals surface area contributed by atoms with Crippen LogP contribution in [-0.4, -0.2) is 56.6 Å². The number of rotatable bonds is 2. The molecular formula is C8H16N2O2S. The Bertz CT molecular complexity index is 274. The van der Waals surface area contributed by atoms with Crippen LogP contribution in [-0.2, 0) is 10.0 Å². The highest BCUT2D eigenvalue weighted by Crippen LogP contribution is 2.05. The van der Waals surface area contributed by atoms with Gasteiger partial charge in [-0.15, -0.1) is 6.58 Å². The number of nitrogens with zero attached hydrogens (tertiary/aromatic N) is 2. The van der Waals surface area contributed by atoms with E-state index < -0.39 is 10.0 Å². The lowest BCUT2D eigenvalue weighted by Gasteiger charge is -2.16. The Morgan fingerprint density at radius 1 is 1.38 bits per heavy atom. The summed E-state index contributed by atoms with van der Waals surface area (Å²) in [5.41, 5.74) is 0. The molecule has 0 radical (unpaired) electrons. The normalized spacial score (nSPS) is 25.3. The fourth-order valence-corrected chi connectivity index (χ4v) is 2.46. The van der Waals surface area contributed by atoms with Crippen LogP contribution in [0.4, 0.5) is 0 Å². The van der Waals surface area contributed by atoms with Gasteiger partial charge in [0.1, 0.15) is 0 Å². The zero-order chi connectivity index (χ0) is 9.90. The fraction of sp³-hybridized carbons (Fsp3) is 0.750. The highest BCUT2D eigenvalue weighted by atomic mass is 32.2. The van der Waals surface area contributed by atoms with E-state index in [1.165, 1.54) is 4.31 Å². The first-order chi connectivity index (χ1) is 6.06. The van der Waals surface area contributed by atoms with Gasteiger partial charge in [0, 0.05) is 33.2 Å². The van der Waals surface area contributed by atoms with Crippen molar-refractivity contribution >= 4 is 10.0 Å². The molecule has 13 heavy (non-hydrogen) atoms. The third-order valence-electron chi connectivity index (χ3n) is 2.26. The molecule has 5 heteroatoms. The van der Waals surface area contributed by atoms with E-state index >= 15 is 0 Å². The van der Waals surface area contributed by atoms with E-state index in [1.807, 2.05) is 0 Å². The predicted octanol–water partition coefficient (Wildman–Crippen LogP) is -0.250. The molecule has 1 rings (SSSR count). The van der Waals surface area contributed by atoms with Gasteiger partial charge in [0.2, 0.25) is 10.0 Å². The summed E-state index contributed by atoms with van der Waals surface area (Å²) in [5, 5.41) is 0. The quantitative estimate of drug-likeness (QED) is 0.582. The fourth-order valence-electron chi connectivity index (χ4n) is 1.30. The molecule has 0 atom stereocenters. The van der Waals surface area contributed by atoms with Gasteiger partial charge in [-0.05, 0) is 0 Å². The van der Waals surface area contributed by atoms with Gasteiger partial charge in [-0.2, -0.15) is 0 Å². The summed E-state index contributed by atoms with van der Waals surface area (Å²) in [6.45, 7) is 6.39. The standard InChI is InChI=1S/C8H16N2O2S/c1-3-4-10-6-5-9(2)13(11,12)8-7-10/h3H,1,4-8H2,2H3. The van der Waals surface area contributed by atoms with Crippen molar-refractivity contribution in [3.05, 3.63) is 12.7 Å². The summed E-state index contributed by atoms with van der Waals surface area (Å²) in [4.78, 5) is 2.09. The molecule has 0 saturated carbocycles. The zero-order valence-electron chi connectivity index (χ0n) is 7.94. The first-order valence-electron chi connectivity index (χ1n) is 4.33. The van der Waals surface area contributed by atoms with Gasteiger partial charge in [0.15, 0.2) is 0 Å². The monoisotopic (exact) mass is 204 g/mol. The summed E-state index contributed by atoms with van der Waals surface area (Å²) >= 11 is 0. The molecule has 1 saturated heterocycles. The van der Waals surface area contributed by atoms with Crippen molar-refractivity contribution in [2.75, 3.05) is 39.0 Å². The van der Waals surface area contributed by atoms with E-state index in [9.17, 15) is 8.42 Å². The van der Waals surface area contributed by atoms with Gasteiger partial charge < -0.3 is 0 Å². The lowest BCUT2D eigenvalue weighted by molar-refractivity contribution is 0.312. The highest BCUT2D eigenvalue weighted by Gasteiger charge is 2.22. The Kier molecular flexibility index (Phi) is 3.47. The van der Waals surface area contributed by atoms with E-state index in [2.05, 4.69) is 11.5 Å². The minimum absolute atomic E-state index is 0.220. The lowest BCUT2D eigenvalue weighted by atomic mass is 10.4. The van der Waals surface area contributed by atoms with E-state index in [-0.39, 0.29) is 5.75 Å². The SMILES string of the molecule is C=CCN1CCN(C)S(=O)(=O)CC1. The summed E-state index contributed by atoms with van der Waals surface area (Å²) in [6.07, 6.45) is 1.80. The van der Waals surface area contributed by atoms with Crippen molar-refractivity contribution in [3.8, 4) is 0 Å². The molecule has 0 aliphatic carbocycles. The molecule has 76 valence electrons. The van der Waals surface area contributed by atoms with Crippen LogP contribution in [0.15, 0.2) is 12.7 Å². The molecule has 1 aliphatic heterocycles. The summed E-state index contributed by atoms with van der Waals surface area (Å²) in [5.74, 6) is 0.220. The minimum Gasteiger partial charge on any atom is -0.297 e. The summed E-state index contributed by atoms with van der Waals surface area (Å²) < 4.78 is 24.3. The molecule has 1 fully saturated rings. The molecule has 1 heterocycles. The number of sulfonamides is 1. The molecule has 0 N–H and O–H groups in total. The van der Waals surface area contributed by atoms with Gasteiger partial charge in [-0.1, -0.05) is 6.08 Å². The number of likely N-dealkylation sites (N-methyl/N-ethyl adjacent to an activating group) is 1. The van der Waals surface area contributed by atoms with Crippen LogP contribution in [0.3, 0.4) is 0 Å². The minimum atomic E-state index is -2.99. The molecule has 0 unspecified atom stereocenters. The van der Waals surface area contributed by atoms with E-state index in [1.54, 1.807) is 13.1 Å². The van der Waals surface area contributed by atoms with Gasteiger partial charge in [0.25, 0.3) is 0 Å². The van der Waals surface area contributed by atoms with Crippen molar-refractivity contribution in [3.63, 3.8) is 0 Å². The average molecular weight is 204 g/mol. The second-order valence-electron chi connectivity index (χ2n) is 3.23. The Labute approximate surface area is 79.9 Å². The summed E-state index contributed by atoms with van der Waals surface area (Å²) in [7, 11) is -1.36. The average Bonchev–Trinajstić information content (AvgIpc) is 2.19. The Morgan fingerprint density at radius 3 is 2.69 bits per heavy atom. The number of hydrogen-bond donors (Lipinski definition) is 0. The lowest BCUT2D eigenvalue weighted by Crippen LogP contribution is -2.30. The van der Waals surface area contributed by atoms with Crippen molar-refractivity contribution < 1.29 is 8.42 Å². The highest BCUT2D eigenvalue weighted by molar-refractivity contribution is 7.89. The molecule has 4 nitrogen and oxygen atoms in total. The molecule has 0 bridgehead atoms. The van der Waals surface area contributed by atoms with Crippen molar-refractivity contribution in [2.24, 2.45) is 0 Å². The van der Waals surface area contributed by atoms with Gasteiger partial charge in [-0.3, -0.25) is 4.90 Å². The number of hydrogen-bond acceptors (Lipinski definition) is 3. The van der Waals surface area contributed by atoms with Crippen LogP contribution < -0.4 is 0 Å². The summed E-state index contributed by atoms with van der Waals surface area (Å²) in [6, 6.07) is 0. The van der Waals surface area contributed by atoms with Gasteiger partial charge in [-0.25, -0.2) is 12.7 Å². The molecule has 1 aliphatic rings. The van der Waals surface area contributed by atoms with Crippen LogP contribution >= 0.6 is 0 Å². The van der Waals surface area contributed by atoms with Crippen molar-refractivity contribution in [2.45, 2.75) is 0 Å². The van der Waals surface area contributed by atoms with Crippen LogP contribution in [0.2, 0.25) is 0 Å². The Balaban J connectivity index is 2.62.